The Hall–Kier alpha value is -0.910. The third-order valence-electron chi connectivity index (χ3n) is 2.37. The first-order valence-corrected chi connectivity index (χ1v) is 7.16. The molecule has 19 heavy (non-hydrogen) atoms. The van der Waals surface area contributed by atoms with E-state index in [1.54, 1.807) is 18.2 Å². The van der Waals surface area contributed by atoms with Crippen molar-refractivity contribution in [2.24, 2.45) is 0 Å². The number of carbonyl (C=O) groups is 1. The molecule has 0 fully saturated rings. The van der Waals surface area contributed by atoms with E-state index in [1.807, 2.05) is 0 Å². The summed E-state index contributed by atoms with van der Waals surface area (Å²) in [6.45, 7) is 0. The number of hydrogen-bond donors (Lipinski definition) is 1. The SMILES string of the molecule is O=C(Nc1cc(Br)ccc1Cl)c1cccc(F)c1Br. The zero-order chi connectivity index (χ0) is 14.0. The molecule has 0 aliphatic rings. The third kappa shape index (κ3) is 3.35. The fraction of sp³-hybridized carbons (Fsp3) is 0. The highest BCUT2D eigenvalue weighted by atomic mass is 79.9. The fourth-order valence-electron chi connectivity index (χ4n) is 1.46. The summed E-state index contributed by atoms with van der Waals surface area (Å²) < 4.78 is 14.3. The molecule has 0 saturated carbocycles. The zero-order valence-corrected chi connectivity index (χ0v) is 13.3. The number of rotatable bonds is 2. The van der Waals surface area contributed by atoms with Gasteiger partial charge in [0.05, 0.1) is 20.7 Å². The number of benzene rings is 2. The predicted octanol–water partition coefficient (Wildman–Crippen LogP) is 5.26. The second-order valence-corrected chi connectivity index (χ2v) is 5.80. The van der Waals surface area contributed by atoms with Gasteiger partial charge >= 0.3 is 0 Å². The van der Waals surface area contributed by atoms with Gasteiger partial charge in [0.1, 0.15) is 5.82 Å². The van der Waals surface area contributed by atoms with Crippen LogP contribution in [0, 0.1) is 5.82 Å². The van der Waals surface area contributed by atoms with Crippen molar-refractivity contribution in [2.75, 3.05) is 5.32 Å². The lowest BCUT2D eigenvalue weighted by molar-refractivity contribution is 0.102. The molecule has 0 aromatic heterocycles. The Bertz CT molecular complexity index is 649. The van der Waals surface area contributed by atoms with Crippen LogP contribution in [0.3, 0.4) is 0 Å². The number of nitrogens with one attached hydrogen (secondary N) is 1. The molecule has 1 N–H and O–H groups in total. The number of halogens is 4. The Balaban J connectivity index is 2.31. The first-order chi connectivity index (χ1) is 8.99. The van der Waals surface area contributed by atoms with E-state index >= 15 is 0 Å². The van der Waals surface area contributed by atoms with Gasteiger partial charge in [-0.15, -0.1) is 0 Å². The summed E-state index contributed by atoms with van der Waals surface area (Å²) in [6, 6.07) is 9.35. The lowest BCUT2D eigenvalue weighted by atomic mass is 10.2. The molecule has 2 rings (SSSR count). The molecule has 1 amide bonds. The molecule has 0 unspecified atom stereocenters. The van der Waals surface area contributed by atoms with Crippen molar-refractivity contribution in [3.63, 3.8) is 0 Å². The minimum Gasteiger partial charge on any atom is -0.321 e. The molecule has 0 bridgehead atoms. The monoisotopic (exact) mass is 405 g/mol. The minimum atomic E-state index is -0.493. The molecule has 0 radical (unpaired) electrons. The summed E-state index contributed by atoms with van der Waals surface area (Å²) in [5.74, 6) is -0.931. The van der Waals surface area contributed by atoms with Gasteiger partial charge in [-0.2, -0.15) is 0 Å². The highest BCUT2D eigenvalue weighted by Crippen LogP contribution is 2.27. The Morgan fingerprint density at radius 3 is 2.68 bits per heavy atom. The van der Waals surface area contributed by atoms with Crippen LogP contribution in [-0.4, -0.2) is 5.91 Å². The molecule has 2 aromatic carbocycles. The first-order valence-electron chi connectivity index (χ1n) is 5.19. The normalized spacial score (nSPS) is 10.3. The van der Waals surface area contributed by atoms with Crippen LogP contribution in [0.25, 0.3) is 0 Å². The summed E-state index contributed by atoms with van der Waals surface area (Å²) in [5.41, 5.74) is 0.660. The van der Waals surface area contributed by atoms with Crippen molar-refractivity contribution in [2.45, 2.75) is 0 Å². The second-order valence-electron chi connectivity index (χ2n) is 3.68. The van der Waals surface area contributed by atoms with Crippen LogP contribution in [0.2, 0.25) is 5.02 Å². The van der Waals surface area contributed by atoms with Crippen LogP contribution in [0.1, 0.15) is 10.4 Å². The number of anilines is 1. The minimum absolute atomic E-state index is 0.124. The Morgan fingerprint density at radius 2 is 1.95 bits per heavy atom. The van der Waals surface area contributed by atoms with Crippen molar-refractivity contribution in [3.05, 3.63) is 61.7 Å². The van der Waals surface area contributed by atoms with Crippen LogP contribution in [0.5, 0.6) is 0 Å². The van der Waals surface area contributed by atoms with Crippen molar-refractivity contribution < 1.29 is 9.18 Å². The van der Waals surface area contributed by atoms with Crippen LogP contribution in [0.4, 0.5) is 10.1 Å². The molecule has 0 aliphatic heterocycles. The maximum Gasteiger partial charge on any atom is 0.256 e. The van der Waals surface area contributed by atoms with E-state index in [4.69, 9.17) is 11.6 Å². The molecule has 0 saturated heterocycles. The molecule has 2 aromatic rings. The highest BCUT2D eigenvalue weighted by Gasteiger charge is 2.14. The van der Waals surface area contributed by atoms with Crippen molar-refractivity contribution >= 4 is 55.1 Å². The summed E-state index contributed by atoms with van der Waals surface area (Å²) in [7, 11) is 0. The molecule has 6 heteroatoms. The van der Waals surface area contributed by atoms with Gasteiger partial charge in [0.25, 0.3) is 5.91 Å². The fourth-order valence-corrected chi connectivity index (χ4v) is 2.43. The Labute approximate surface area is 131 Å². The largest absolute Gasteiger partial charge is 0.321 e. The Kier molecular flexibility index (Phi) is 4.60. The van der Waals surface area contributed by atoms with Gasteiger partial charge < -0.3 is 5.32 Å². The number of hydrogen-bond acceptors (Lipinski definition) is 1. The second kappa shape index (κ2) is 6.03. The molecule has 98 valence electrons. The van der Waals surface area contributed by atoms with Gasteiger partial charge in [-0.05, 0) is 46.3 Å². The molecular weight excluding hydrogens is 400 g/mol. The smallest absolute Gasteiger partial charge is 0.256 e. The van der Waals surface area contributed by atoms with Crippen LogP contribution < -0.4 is 5.32 Å². The molecule has 0 heterocycles. The summed E-state index contributed by atoms with van der Waals surface area (Å²) >= 11 is 12.3. The van der Waals surface area contributed by atoms with Gasteiger partial charge in [0.15, 0.2) is 0 Å². The van der Waals surface area contributed by atoms with E-state index in [2.05, 4.69) is 37.2 Å². The summed E-state index contributed by atoms with van der Waals surface area (Å²) in [5, 5.41) is 3.04. The average Bonchev–Trinajstić information content (AvgIpc) is 2.37. The van der Waals surface area contributed by atoms with E-state index < -0.39 is 11.7 Å². The molecule has 2 nitrogen and oxygen atoms in total. The predicted molar refractivity (Wildman–Crippen MR) is 81.2 cm³/mol. The quantitative estimate of drug-likeness (QED) is 0.723. The summed E-state index contributed by atoms with van der Waals surface area (Å²) in [4.78, 5) is 12.1. The van der Waals surface area contributed by atoms with E-state index in [1.165, 1.54) is 18.2 Å². The van der Waals surface area contributed by atoms with Gasteiger partial charge in [0, 0.05) is 4.47 Å². The van der Waals surface area contributed by atoms with Crippen molar-refractivity contribution in [3.8, 4) is 0 Å². The highest BCUT2D eigenvalue weighted by molar-refractivity contribution is 9.10. The molecule has 0 spiro atoms. The zero-order valence-electron chi connectivity index (χ0n) is 9.38. The van der Waals surface area contributed by atoms with E-state index in [-0.39, 0.29) is 10.0 Å². The van der Waals surface area contributed by atoms with Crippen molar-refractivity contribution in [1.29, 1.82) is 0 Å². The molecule has 0 atom stereocenters. The van der Waals surface area contributed by atoms with Crippen LogP contribution in [-0.2, 0) is 0 Å². The molecular formula is C13H7Br2ClFNO. The topological polar surface area (TPSA) is 29.1 Å². The van der Waals surface area contributed by atoms with E-state index in [0.717, 1.165) is 4.47 Å². The van der Waals surface area contributed by atoms with Crippen molar-refractivity contribution in [1.82, 2.24) is 0 Å². The van der Waals surface area contributed by atoms with Gasteiger partial charge in [0.2, 0.25) is 0 Å². The van der Waals surface area contributed by atoms with Gasteiger partial charge in [-0.3, -0.25) is 4.79 Å². The summed E-state index contributed by atoms with van der Waals surface area (Å²) in [6.07, 6.45) is 0. The van der Waals surface area contributed by atoms with Gasteiger partial charge in [-0.25, -0.2) is 4.39 Å². The van der Waals surface area contributed by atoms with Crippen LogP contribution >= 0.6 is 43.5 Å². The maximum atomic E-state index is 13.4. The first kappa shape index (κ1) is 14.5. The van der Waals surface area contributed by atoms with E-state index in [9.17, 15) is 9.18 Å². The van der Waals surface area contributed by atoms with E-state index in [0.29, 0.717) is 10.7 Å². The van der Waals surface area contributed by atoms with Gasteiger partial charge in [-0.1, -0.05) is 33.6 Å². The third-order valence-corrected chi connectivity index (χ3v) is 4.00. The lowest BCUT2D eigenvalue weighted by Gasteiger charge is -2.09. The standard InChI is InChI=1S/C13H7Br2ClFNO/c14-7-4-5-9(16)11(6-7)18-13(19)8-2-1-3-10(17)12(8)15/h1-6H,(H,18,19). The van der Waals surface area contributed by atoms with Crippen LogP contribution in [0.15, 0.2) is 45.3 Å². The molecule has 0 aliphatic carbocycles. The number of amides is 1. The number of carbonyl (C=O) groups excluding carboxylic acids is 1. The lowest BCUT2D eigenvalue weighted by Crippen LogP contribution is -2.13. The maximum absolute atomic E-state index is 13.4. The Morgan fingerprint density at radius 1 is 1.21 bits per heavy atom. The average molecular weight is 407 g/mol.